The molecule has 1 fully saturated rings. The quantitative estimate of drug-likeness (QED) is 0.649. The first-order valence-corrected chi connectivity index (χ1v) is 11.2. The summed E-state index contributed by atoms with van der Waals surface area (Å²) in [7, 11) is 0. The Bertz CT molecular complexity index is 722. The molecule has 29 heavy (non-hydrogen) atoms. The number of nitrogens with zero attached hydrogens (tertiary/aromatic N) is 1. The van der Waals surface area contributed by atoms with Gasteiger partial charge in [-0.15, -0.1) is 0 Å². The number of ether oxygens (including phenoxy) is 1. The minimum atomic E-state index is -0.893. The predicted octanol–water partition coefficient (Wildman–Crippen LogP) is 4.99. The first-order chi connectivity index (χ1) is 14.0. The summed E-state index contributed by atoms with van der Waals surface area (Å²) in [4.78, 5) is 2.45. The van der Waals surface area contributed by atoms with Crippen LogP contribution >= 0.6 is 0 Å². The van der Waals surface area contributed by atoms with E-state index in [0.29, 0.717) is 5.92 Å². The number of aryl methyl sites for hydroxylation is 1. The van der Waals surface area contributed by atoms with Crippen molar-refractivity contribution in [2.24, 2.45) is 5.92 Å². The molecule has 0 aliphatic carbocycles. The van der Waals surface area contributed by atoms with Crippen LogP contribution in [0.1, 0.15) is 56.2 Å². The Hall–Kier alpha value is -1.68. The van der Waals surface area contributed by atoms with E-state index >= 15 is 0 Å². The molecule has 1 saturated heterocycles. The average molecular weight is 396 g/mol. The number of hydrogen-bond donors (Lipinski definition) is 1. The van der Waals surface area contributed by atoms with Gasteiger partial charge in [-0.25, -0.2) is 0 Å². The molecule has 0 aromatic heterocycles. The van der Waals surface area contributed by atoms with E-state index in [1.807, 2.05) is 0 Å². The maximum atomic E-state index is 12.3. The van der Waals surface area contributed by atoms with Gasteiger partial charge in [0.2, 0.25) is 0 Å². The largest absolute Gasteiger partial charge is 0.384 e. The zero-order valence-corrected chi connectivity index (χ0v) is 18.3. The lowest BCUT2D eigenvalue weighted by atomic mass is 9.73. The van der Waals surface area contributed by atoms with Crippen LogP contribution in [0.5, 0.6) is 0 Å². The Morgan fingerprint density at radius 1 is 1.00 bits per heavy atom. The van der Waals surface area contributed by atoms with Gasteiger partial charge in [-0.3, -0.25) is 4.90 Å². The lowest BCUT2D eigenvalue weighted by molar-refractivity contribution is -0.0311. The zero-order chi connectivity index (χ0) is 20.7. The molecule has 1 N–H and O–H groups in total. The van der Waals surface area contributed by atoms with E-state index in [0.717, 1.165) is 57.7 Å². The lowest BCUT2D eigenvalue weighted by Crippen LogP contribution is -2.45. The Labute approximate surface area is 176 Å². The highest BCUT2D eigenvalue weighted by Gasteiger charge is 2.40. The third kappa shape index (κ3) is 5.69. The van der Waals surface area contributed by atoms with Gasteiger partial charge < -0.3 is 9.84 Å². The van der Waals surface area contributed by atoms with Crippen LogP contribution in [0.4, 0.5) is 0 Å². The van der Waals surface area contributed by atoms with Crippen molar-refractivity contribution in [1.82, 2.24) is 4.90 Å². The molecule has 1 aliphatic rings. The number of benzene rings is 2. The van der Waals surface area contributed by atoms with Crippen molar-refractivity contribution in [2.75, 3.05) is 32.8 Å². The van der Waals surface area contributed by atoms with Crippen LogP contribution in [0, 0.1) is 5.92 Å². The van der Waals surface area contributed by atoms with E-state index in [1.165, 1.54) is 11.1 Å². The Balaban J connectivity index is 1.99. The molecule has 3 nitrogen and oxygen atoms in total. The first kappa shape index (κ1) is 22.0. The van der Waals surface area contributed by atoms with Crippen LogP contribution in [-0.2, 0) is 16.8 Å². The second-order valence-corrected chi connectivity index (χ2v) is 8.78. The van der Waals surface area contributed by atoms with Gasteiger partial charge in [-0.05, 0) is 41.9 Å². The minimum Gasteiger partial charge on any atom is -0.384 e. The molecule has 0 amide bonds. The van der Waals surface area contributed by atoms with Crippen molar-refractivity contribution in [3.8, 4) is 0 Å². The van der Waals surface area contributed by atoms with E-state index in [9.17, 15) is 5.11 Å². The van der Waals surface area contributed by atoms with Crippen LogP contribution in [0.25, 0.3) is 0 Å². The normalized spacial score (nSPS) is 18.5. The van der Waals surface area contributed by atoms with Crippen LogP contribution in [0.15, 0.2) is 54.6 Å². The maximum Gasteiger partial charge on any atom is 0.0977 e. The SMILES string of the molecule is CCc1ccc([C@@](O)(CCC(C)C)[C@@H](CN2CCOCC2)c2ccccc2)cc1. The highest BCUT2D eigenvalue weighted by Crippen LogP contribution is 2.42. The fraction of sp³-hybridized carbons (Fsp3) is 0.538. The minimum absolute atomic E-state index is 0.0213. The van der Waals surface area contributed by atoms with Crippen molar-refractivity contribution in [1.29, 1.82) is 0 Å². The van der Waals surface area contributed by atoms with Crippen LogP contribution in [0.3, 0.4) is 0 Å². The van der Waals surface area contributed by atoms with E-state index in [1.54, 1.807) is 0 Å². The lowest BCUT2D eigenvalue weighted by Gasteiger charge is -2.41. The molecule has 0 saturated carbocycles. The number of rotatable bonds is 9. The van der Waals surface area contributed by atoms with Gasteiger partial charge in [0.15, 0.2) is 0 Å². The predicted molar refractivity (Wildman–Crippen MR) is 120 cm³/mol. The van der Waals surface area contributed by atoms with Crippen LogP contribution in [-0.4, -0.2) is 42.9 Å². The molecule has 2 atom stereocenters. The van der Waals surface area contributed by atoms with Gasteiger partial charge in [0.1, 0.15) is 0 Å². The fourth-order valence-corrected chi connectivity index (χ4v) is 4.32. The van der Waals surface area contributed by atoms with Gasteiger partial charge >= 0.3 is 0 Å². The molecule has 0 unspecified atom stereocenters. The molecule has 2 aromatic carbocycles. The second-order valence-electron chi connectivity index (χ2n) is 8.78. The monoisotopic (exact) mass is 395 g/mol. The average Bonchev–Trinajstić information content (AvgIpc) is 2.77. The Morgan fingerprint density at radius 2 is 1.66 bits per heavy atom. The van der Waals surface area contributed by atoms with Crippen molar-refractivity contribution >= 4 is 0 Å². The molecule has 1 aliphatic heterocycles. The molecule has 0 spiro atoms. The summed E-state index contributed by atoms with van der Waals surface area (Å²) in [6, 6.07) is 19.2. The molecule has 0 bridgehead atoms. The number of hydrogen-bond acceptors (Lipinski definition) is 3. The van der Waals surface area contributed by atoms with Gasteiger partial charge in [0.05, 0.1) is 18.8 Å². The van der Waals surface area contributed by atoms with Crippen LogP contribution < -0.4 is 0 Å². The smallest absolute Gasteiger partial charge is 0.0977 e. The summed E-state index contributed by atoms with van der Waals surface area (Å²) < 4.78 is 5.56. The number of aliphatic hydroxyl groups is 1. The summed E-state index contributed by atoms with van der Waals surface area (Å²) in [5.41, 5.74) is 2.67. The van der Waals surface area contributed by atoms with Crippen molar-refractivity contribution < 1.29 is 9.84 Å². The third-order valence-corrected chi connectivity index (χ3v) is 6.29. The summed E-state index contributed by atoms with van der Waals surface area (Å²) >= 11 is 0. The molecule has 3 heteroatoms. The standard InChI is InChI=1S/C26H37NO2/c1-4-22-10-12-24(13-11-22)26(28,15-14-21(2)3)25(23-8-6-5-7-9-23)20-27-16-18-29-19-17-27/h5-13,21,25,28H,4,14-20H2,1-3H3/t25-,26-/m0/s1. The maximum absolute atomic E-state index is 12.3. The summed E-state index contributed by atoms with van der Waals surface area (Å²) in [5, 5.41) is 12.3. The van der Waals surface area contributed by atoms with Crippen molar-refractivity contribution in [2.45, 2.75) is 51.6 Å². The molecular formula is C26H37NO2. The van der Waals surface area contributed by atoms with E-state index in [-0.39, 0.29) is 5.92 Å². The zero-order valence-electron chi connectivity index (χ0n) is 18.3. The Kier molecular flexibility index (Phi) is 7.88. The van der Waals surface area contributed by atoms with Gasteiger partial charge in [-0.2, -0.15) is 0 Å². The number of morpholine rings is 1. The highest BCUT2D eigenvalue weighted by molar-refractivity contribution is 5.34. The third-order valence-electron chi connectivity index (χ3n) is 6.29. The summed E-state index contributed by atoms with van der Waals surface area (Å²) in [6.45, 7) is 10.9. The molecule has 3 rings (SSSR count). The molecule has 1 heterocycles. The first-order valence-electron chi connectivity index (χ1n) is 11.2. The molecule has 0 radical (unpaired) electrons. The van der Waals surface area contributed by atoms with Gasteiger partial charge in [-0.1, -0.05) is 75.4 Å². The molecule has 158 valence electrons. The molecule has 2 aromatic rings. The van der Waals surface area contributed by atoms with E-state index in [4.69, 9.17) is 4.74 Å². The van der Waals surface area contributed by atoms with Crippen molar-refractivity contribution in [3.63, 3.8) is 0 Å². The van der Waals surface area contributed by atoms with E-state index < -0.39 is 5.60 Å². The molecular weight excluding hydrogens is 358 g/mol. The topological polar surface area (TPSA) is 32.7 Å². The summed E-state index contributed by atoms with van der Waals surface area (Å²) in [6.07, 6.45) is 2.78. The van der Waals surface area contributed by atoms with Crippen molar-refractivity contribution in [3.05, 3.63) is 71.3 Å². The fourth-order valence-electron chi connectivity index (χ4n) is 4.32. The highest BCUT2D eigenvalue weighted by atomic mass is 16.5. The van der Waals surface area contributed by atoms with Gasteiger partial charge in [0, 0.05) is 25.6 Å². The van der Waals surface area contributed by atoms with E-state index in [2.05, 4.69) is 80.3 Å². The van der Waals surface area contributed by atoms with Gasteiger partial charge in [0.25, 0.3) is 0 Å². The summed E-state index contributed by atoms with van der Waals surface area (Å²) in [5.74, 6) is 0.573. The Morgan fingerprint density at radius 3 is 2.24 bits per heavy atom. The van der Waals surface area contributed by atoms with Crippen LogP contribution in [0.2, 0.25) is 0 Å². The second kappa shape index (κ2) is 10.4.